The van der Waals surface area contributed by atoms with Gasteiger partial charge in [-0.1, -0.05) is 48.5 Å². The number of nitriles is 1. The number of fused-ring (bicyclic) bond motifs is 6. The van der Waals surface area contributed by atoms with Crippen LogP contribution < -0.4 is 0 Å². The van der Waals surface area contributed by atoms with Crippen LogP contribution in [-0.4, -0.2) is 39.0 Å². The van der Waals surface area contributed by atoms with Crippen molar-refractivity contribution in [2.24, 2.45) is 0 Å². The molecule has 314 valence electrons. The number of alkyl halides is 6. The first kappa shape index (κ1) is 40.1. The zero-order chi connectivity index (χ0) is 44.8. The second kappa shape index (κ2) is 14.6. The molecule has 0 aliphatic rings. The van der Waals surface area contributed by atoms with E-state index in [2.05, 4.69) is 36.0 Å². The van der Waals surface area contributed by atoms with E-state index in [0.29, 0.717) is 91.0 Å². The Balaban J connectivity index is 1.35. The van der Waals surface area contributed by atoms with Crippen LogP contribution in [0.25, 0.3) is 88.9 Å². The number of aryl methyl sites for hydroxylation is 4. The fraction of sp³-hybridized carbons (Fsp3) is 0.122. The van der Waals surface area contributed by atoms with Gasteiger partial charge < -0.3 is 9.13 Å². The Morgan fingerprint density at radius 2 is 0.906 bits per heavy atom. The molecule has 0 fully saturated rings. The highest BCUT2D eigenvalue weighted by atomic mass is 19.4. The van der Waals surface area contributed by atoms with Crippen molar-refractivity contribution in [3.63, 3.8) is 0 Å². The highest BCUT2D eigenvalue weighted by Gasteiger charge is 2.42. The van der Waals surface area contributed by atoms with Crippen LogP contribution in [0.2, 0.25) is 0 Å². The zero-order valence-corrected chi connectivity index (χ0v) is 34.3. The minimum absolute atomic E-state index is 0.173. The van der Waals surface area contributed by atoms with Crippen molar-refractivity contribution in [2.45, 2.75) is 40.0 Å². The fourth-order valence-corrected chi connectivity index (χ4v) is 8.84. The predicted molar refractivity (Wildman–Crippen MR) is 232 cm³/mol. The average molecular weight is 860 g/mol. The van der Waals surface area contributed by atoms with E-state index in [1.165, 1.54) is 12.1 Å². The van der Waals surface area contributed by atoms with E-state index in [1.54, 1.807) is 62.6 Å². The Labute approximate surface area is 360 Å². The molecule has 0 bridgehead atoms. The minimum Gasteiger partial charge on any atom is -0.308 e. The van der Waals surface area contributed by atoms with Crippen molar-refractivity contribution in [3.8, 4) is 51.3 Å². The first-order chi connectivity index (χ1) is 30.6. The maximum Gasteiger partial charge on any atom is 0.417 e. The normalized spacial score (nSPS) is 12.2. The number of para-hydroxylation sites is 2. The third kappa shape index (κ3) is 6.48. The molecule has 0 amide bonds. The van der Waals surface area contributed by atoms with Gasteiger partial charge in [-0.25, -0.2) is 29.9 Å². The molecule has 0 aliphatic carbocycles. The molecule has 0 unspecified atom stereocenters. The van der Waals surface area contributed by atoms with E-state index in [4.69, 9.17) is 0 Å². The predicted octanol–water partition coefficient (Wildman–Crippen LogP) is 12.4. The summed E-state index contributed by atoms with van der Waals surface area (Å²) in [6, 6.07) is 32.2. The zero-order valence-electron chi connectivity index (χ0n) is 34.3. The molecule has 0 atom stereocenters. The third-order valence-corrected chi connectivity index (χ3v) is 11.3. The maximum absolute atomic E-state index is 15.1. The summed E-state index contributed by atoms with van der Waals surface area (Å²) in [4.78, 5) is 26.7. The van der Waals surface area contributed by atoms with Gasteiger partial charge in [0.15, 0.2) is 11.6 Å². The summed E-state index contributed by atoms with van der Waals surface area (Å²) in [6.45, 7) is 7.01. The largest absolute Gasteiger partial charge is 0.417 e. The van der Waals surface area contributed by atoms with Crippen molar-refractivity contribution in [1.82, 2.24) is 39.0 Å². The van der Waals surface area contributed by atoms with Crippen LogP contribution in [0.5, 0.6) is 0 Å². The monoisotopic (exact) mass is 859 g/mol. The second-order valence-electron chi connectivity index (χ2n) is 15.4. The molecule has 4 heterocycles. The average Bonchev–Trinajstić information content (AvgIpc) is 3.76. The van der Waals surface area contributed by atoms with Crippen LogP contribution in [-0.2, 0) is 12.4 Å². The molecule has 10 aromatic rings. The Hall–Kier alpha value is -7.99. The Morgan fingerprint density at radius 3 is 1.38 bits per heavy atom. The van der Waals surface area contributed by atoms with Crippen LogP contribution in [0.3, 0.4) is 0 Å². The van der Waals surface area contributed by atoms with Gasteiger partial charge in [0.1, 0.15) is 34.9 Å². The number of hydrogen-bond acceptors (Lipinski definition) is 7. The number of aromatic nitrogens is 8. The van der Waals surface area contributed by atoms with Crippen LogP contribution in [0.4, 0.5) is 26.3 Å². The van der Waals surface area contributed by atoms with Gasteiger partial charge in [-0.2, -0.15) is 31.6 Å². The minimum atomic E-state index is -5.21. The Bertz CT molecular complexity index is 3540. The van der Waals surface area contributed by atoms with E-state index in [9.17, 15) is 5.26 Å². The standard InChI is InChI=1S/C49H31F6N9/c1-25-57-26(2)60-46(59-25)29-16-19-41-34(22-29)31-10-5-7-14-39(31)63(41)43-21-18-33(44-37(48(50,51)52)12-9-13-38(44)49(53,54)55)45(36(43)24-56)64-40-15-8-6-11-32(40)35-23-30(17-20-42(35)64)47-61-27(3)58-28(4)62-47/h5-23H,1-4H3. The molecule has 6 aromatic carbocycles. The summed E-state index contributed by atoms with van der Waals surface area (Å²) in [7, 11) is 0. The molecular formula is C49H31F6N9. The highest BCUT2D eigenvalue weighted by molar-refractivity contribution is 6.13. The summed E-state index contributed by atoms with van der Waals surface area (Å²) in [5.41, 5.74) is -1.29. The first-order valence-corrected chi connectivity index (χ1v) is 19.9. The smallest absolute Gasteiger partial charge is 0.308 e. The van der Waals surface area contributed by atoms with Crippen molar-refractivity contribution >= 4 is 43.6 Å². The van der Waals surface area contributed by atoms with Gasteiger partial charge in [0.05, 0.1) is 44.6 Å². The maximum atomic E-state index is 15.1. The van der Waals surface area contributed by atoms with E-state index in [0.717, 1.165) is 16.8 Å². The summed E-state index contributed by atoms with van der Waals surface area (Å²) in [5.74, 6) is 2.89. The van der Waals surface area contributed by atoms with E-state index in [1.807, 2.05) is 59.2 Å². The topological polar surface area (TPSA) is 111 Å². The van der Waals surface area contributed by atoms with Gasteiger partial charge in [-0.15, -0.1) is 0 Å². The highest BCUT2D eigenvalue weighted by Crippen LogP contribution is 2.49. The number of nitrogens with zero attached hydrogens (tertiary/aromatic N) is 9. The first-order valence-electron chi connectivity index (χ1n) is 19.9. The molecule has 0 spiro atoms. The second-order valence-corrected chi connectivity index (χ2v) is 15.4. The van der Waals surface area contributed by atoms with Gasteiger partial charge in [0, 0.05) is 43.8 Å². The lowest BCUT2D eigenvalue weighted by Gasteiger charge is -2.24. The van der Waals surface area contributed by atoms with Crippen molar-refractivity contribution in [2.75, 3.05) is 0 Å². The quantitative estimate of drug-likeness (QED) is 0.158. The summed E-state index contributed by atoms with van der Waals surface area (Å²) in [6.07, 6.45) is -10.4. The lowest BCUT2D eigenvalue weighted by atomic mass is 9.90. The molecule has 0 radical (unpaired) electrons. The molecule has 15 heteroatoms. The van der Waals surface area contributed by atoms with Gasteiger partial charge in [-0.3, -0.25) is 0 Å². The molecule has 64 heavy (non-hydrogen) atoms. The molecule has 0 saturated carbocycles. The lowest BCUT2D eigenvalue weighted by Crippen LogP contribution is -2.16. The number of rotatable bonds is 5. The number of hydrogen-bond donors (Lipinski definition) is 0. The molecule has 9 nitrogen and oxygen atoms in total. The van der Waals surface area contributed by atoms with Crippen LogP contribution in [0.1, 0.15) is 40.0 Å². The van der Waals surface area contributed by atoms with Gasteiger partial charge in [0.2, 0.25) is 0 Å². The molecule has 4 aromatic heterocycles. The molecular weight excluding hydrogens is 829 g/mol. The van der Waals surface area contributed by atoms with Crippen LogP contribution >= 0.6 is 0 Å². The summed E-state index contributed by atoms with van der Waals surface area (Å²) < 4.78 is 94.0. The summed E-state index contributed by atoms with van der Waals surface area (Å²) in [5, 5.41) is 14.2. The number of halogens is 6. The van der Waals surface area contributed by atoms with E-state index < -0.39 is 34.6 Å². The van der Waals surface area contributed by atoms with Crippen molar-refractivity contribution < 1.29 is 26.3 Å². The van der Waals surface area contributed by atoms with Crippen molar-refractivity contribution in [1.29, 1.82) is 5.26 Å². The lowest BCUT2D eigenvalue weighted by molar-refractivity contribution is -0.142. The van der Waals surface area contributed by atoms with Gasteiger partial charge in [-0.05, 0) is 94.4 Å². The van der Waals surface area contributed by atoms with Crippen LogP contribution in [0.15, 0.2) is 115 Å². The molecule has 0 saturated heterocycles. The summed E-state index contributed by atoms with van der Waals surface area (Å²) >= 11 is 0. The molecule has 10 rings (SSSR count). The fourth-order valence-electron chi connectivity index (χ4n) is 8.84. The Kier molecular flexibility index (Phi) is 9.12. The van der Waals surface area contributed by atoms with Gasteiger partial charge in [0.25, 0.3) is 0 Å². The van der Waals surface area contributed by atoms with E-state index >= 15 is 26.3 Å². The van der Waals surface area contributed by atoms with Gasteiger partial charge >= 0.3 is 12.4 Å². The van der Waals surface area contributed by atoms with Crippen LogP contribution in [0, 0.1) is 39.0 Å². The number of benzene rings is 6. The molecule has 0 N–H and O–H groups in total. The molecule has 0 aliphatic heterocycles. The Morgan fingerprint density at radius 1 is 0.469 bits per heavy atom. The van der Waals surface area contributed by atoms with Crippen molar-refractivity contribution in [3.05, 3.63) is 155 Å². The van der Waals surface area contributed by atoms with E-state index in [-0.39, 0.29) is 16.9 Å². The SMILES string of the molecule is Cc1nc(C)nc(-c2ccc3c(c2)c2ccccc2n3-c2ccc(-c3c(C(F)(F)F)cccc3C(F)(F)F)c(-n3c4ccccc4c4cc(-c5nc(C)nc(C)n5)ccc43)c2C#N)n1. The third-order valence-electron chi connectivity index (χ3n) is 11.3.